The number of nitrogens with one attached hydrogen (secondary N) is 1. The Morgan fingerprint density at radius 1 is 1.39 bits per heavy atom. The summed E-state index contributed by atoms with van der Waals surface area (Å²) in [6.45, 7) is 2.03. The van der Waals surface area contributed by atoms with Gasteiger partial charge in [-0.1, -0.05) is 27.5 Å². The molecule has 18 heavy (non-hydrogen) atoms. The average molecular weight is 327 g/mol. The zero-order valence-corrected chi connectivity index (χ0v) is 12.2. The van der Waals surface area contributed by atoms with Crippen LogP contribution in [0.3, 0.4) is 0 Å². The highest BCUT2D eigenvalue weighted by molar-refractivity contribution is 9.10. The molecule has 0 amide bonds. The molecule has 0 aliphatic carbocycles. The van der Waals surface area contributed by atoms with Gasteiger partial charge in [-0.3, -0.25) is 10.8 Å². The number of nitrogens with two attached hydrogens (primary N) is 1. The van der Waals surface area contributed by atoms with Gasteiger partial charge in [0.2, 0.25) is 0 Å². The van der Waals surface area contributed by atoms with Gasteiger partial charge in [0.15, 0.2) is 0 Å². The standard InChI is InChI=1S/C13H13BrClN3/c1-8-2-3-17-7-12(8)13(18-16)9-4-10(14)6-11(15)5-9/h2-7,13,18H,16H2,1H3. The Morgan fingerprint density at radius 3 is 2.78 bits per heavy atom. The molecule has 0 aliphatic rings. The molecule has 3 N–H and O–H groups in total. The second-order valence-corrected chi connectivity index (χ2v) is 5.39. The smallest absolute Gasteiger partial charge is 0.0728 e. The summed E-state index contributed by atoms with van der Waals surface area (Å²) in [5.74, 6) is 5.67. The van der Waals surface area contributed by atoms with E-state index in [1.54, 1.807) is 6.20 Å². The Labute approximate surface area is 119 Å². The molecule has 1 heterocycles. The van der Waals surface area contributed by atoms with E-state index in [1.807, 2.05) is 37.4 Å². The van der Waals surface area contributed by atoms with Crippen LogP contribution < -0.4 is 11.3 Å². The summed E-state index contributed by atoms with van der Waals surface area (Å²) < 4.78 is 0.923. The molecule has 0 radical (unpaired) electrons. The van der Waals surface area contributed by atoms with Gasteiger partial charge < -0.3 is 0 Å². The summed E-state index contributed by atoms with van der Waals surface area (Å²) in [5.41, 5.74) is 5.97. The second-order valence-electron chi connectivity index (χ2n) is 4.03. The first kappa shape index (κ1) is 13.5. The van der Waals surface area contributed by atoms with Gasteiger partial charge in [0.05, 0.1) is 6.04 Å². The maximum atomic E-state index is 6.06. The van der Waals surface area contributed by atoms with Gasteiger partial charge in [0.25, 0.3) is 0 Å². The quantitative estimate of drug-likeness (QED) is 0.672. The fraction of sp³-hybridized carbons (Fsp3) is 0.154. The molecule has 0 spiro atoms. The fourth-order valence-corrected chi connectivity index (χ4v) is 2.77. The van der Waals surface area contributed by atoms with Crippen LogP contribution in [-0.4, -0.2) is 4.98 Å². The second kappa shape index (κ2) is 5.80. The maximum absolute atomic E-state index is 6.06. The van der Waals surface area contributed by atoms with Crippen LogP contribution in [0.25, 0.3) is 0 Å². The van der Waals surface area contributed by atoms with E-state index in [4.69, 9.17) is 17.4 Å². The molecule has 1 unspecified atom stereocenters. The van der Waals surface area contributed by atoms with Crippen LogP contribution in [0.15, 0.2) is 41.1 Å². The molecule has 94 valence electrons. The predicted octanol–water partition coefficient (Wildman–Crippen LogP) is 3.36. The average Bonchev–Trinajstić information content (AvgIpc) is 2.31. The van der Waals surface area contributed by atoms with E-state index in [9.17, 15) is 0 Å². The molecule has 0 fully saturated rings. The number of hydrazine groups is 1. The SMILES string of the molecule is Cc1ccncc1C(NN)c1cc(Cl)cc(Br)c1. The van der Waals surface area contributed by atoms with E-state index in [2.05, 4.69) is 26.3 Å². The van der Waals surface area contributed by atoms with Gasteiger partial charge in [0.1, 0.15) is 0 Å². The lowest BCUT2D eigenvalue weighted by molar-refractivity contribution is 0.631. The highest BCUT2D eigenvalue weighted by Crippen LogP contribution is 2.28. The Hall–Kier alpha value is -0.940. The number of nitrogens with zero attached hydrogens (tertiary/aromatic N) is 1. The molecular weight excluding hydrogens is 314 g/mol. The van der Waals surface area contributed by atoms with Crippen molar-refractivity contribution in [3.8, 4) is 0 Å². The van der Waals surface area contributed by atoms with Crippen LogP contribution in [0.2, 0.25) is 5.02 Å². The van der Waals surface area contributed by atoms with Crippen molar-refractivity contribution in [3.63, 3.8) is 0 Å². The Bertz CT molecular complexity index is 539. The van der Waals surface area contributed by atoms with E-state index in [0.717, 1.165) is 21.2 Å². The molecule has 3 nitrogen and oxygen atoms in total. The van der Waals surface area contributed by atoms with E-state index >= 15 is 0 Å². The lowest BCUT2D eigenvalue weighted by atomic mass is 9.97. The van der Waals surface area contributed by atoms with Gasteiger partial charge in [-0.15, -0.1) is 0 Å². The van der Waals surface area contributed by atoms with Crippen molar-refractivity contribution in [2.45, 2.75) is 13.0 Å². The lowest BCUT2D eigenvalue weighted by Gasteiger charge is -2.19. The summed E-state index contributed by atoms with van der Waals surface area (Å²) in [6, 6.07) is 7.55. The van der Waals surface area contributed by atoms with E-state index in [0.29, 0.717) is 5.02 Å². The summed E-state index contributed by atoms with van der Waals surface area (Å²) in [5, 5.41) is 0.668. The third kappa shape index (κ3) is 2.90. The molecule has 0 saturated carbocycles. The van der Waals surface area contributed by atoms with Crippen LogP contribution in [-0.2, 0) is 0 Å². The van der Waals surface area contributed by atoms with Crippen molar-refractivity contribution >= 4 is 27.5 Å². The summed E-state index contributed by atoms with van der Waals surface area (Å²) in [7, 11) is 0. The summed E-state index contributed by atoms with van der Waals surface area (Å²) in [6.07, 6.45) is 3.58. The minimum Gasteiger partial charge on any atom is -0.271 e. The number of hydrogen-bond acceptors (Lipinski definition) is 3. The van der Waals surface area contributed by atoms with E-state index < -0.39 is 0 Å². The largest absolute Gasteiger partial charge is 0.271 e. The molecule has 1 aromatic carbocycles. The number of hydrogen-bond donors (Lipinski definition) is 2. The van der Waals surface area contributed by atoms with E-state index in [1.165, 1.54) is 0 Å². The number of aryl methyl sites for hydroxylation is 1. The molecule has 0 aliphatic heterocycles. The normalized spacial score (nSPS) is 12.4. The predicted molar refractivity (Wildman–Crippen MR) is 77.3 cm³/mol. The molecule has 5 heteroatoms. The van der Waals surface area contributed by atoms with Gasteiger partial charge in [0, 0.05) is 21.9 Å². The molecular formula is C13H13BrClN3. The van der Waals surface area contributed by atoms with Crippen molar-refractivity contribution in [1.29, 1.82) is 0 Å². The fourth-order valence-electron chi connectivity index (χ4n) is 1.89. The summed E-state index contributed by atoms with van der Waals surface area (Å²) in [4.78, 5) is 4.14. The minimum absolute atomic E-state index is 0.131. The molecule has 1 aromatic heterocycles. The van der Waals surface area contributed by atoms with Crippen LogP contribution >= 0.6 is 27.5 Å². The van der Waals surface area contributed by atoms with E-state index in [-0.39, 0.29) is 6.04 Å². The Morgan fingerprint density at radius 2 is 2.17 bits per heavy atom. The van der Waals surface area contributed by atoms with Gasteiger partial charge >= 0.3 is 0 Å². The molecule has 2 aromatic rings. The van der Waals surface area contributed by atoms with Crippen LogP contribution in [0.4, 0.5) is 0 Å². The number of aromatic nitrogens is 1. The molecule has 0 bridgehead atoms. The zero-order chi connectivity index (χ0) is 13.1. The van der Waals surface area contributed by atoms with Crippen molar-refractivity contribution in [2.75, 3.05) is 0 Å². The number of halogens is 2. The van der Waals surface area contributed by atoms with Crippen LogP contribution in [0, 0.1) is 6.92 Å². The van der Waals surface area contributed by atoms with Gasteiger partial charge in [-0.2, -0.15) is 0 Å². The first-order valence-corrected chi connectivity index (χ1v) is 6.61. The van der Waals surface area contributed by atoms with Crippen LogP contribution in [0.5, 0.6) is 0 Å². The Balaban J connectivity index is 2.48. The van der Waals surface area contributed by atoms with Crippen LogP contribution in [0.1, 0.15) is 22.7 Å². The first-order valence-electron chi connectivity index (χ1n) is 5.44. The molecule has 2 rings (SSSR count). The third-order valence-electron chi connectivity index (χ3n) is 2.78. The monoisotopic (exact) mass is 325 g/mol. The lowest BCUT2D eigenvalue weighted by Crippen LogP contribution is -2.29. The van der Waals surface area contributed by atoms with Crippen molar-refractivity contribution < 1.29 is 0 Å². The number of pyridine rings is 1. The third-order valence-corrected chi connectivity index (χ3v) is 3.45. The topological polar surface area (TPSA) is 50.9 Å². The number of rotatable bonds is 3. The van der Waals surface area contributed by atoms with Crippen molar-refractivity contribution in [3.05, 3.63) is 62.8 Å². The highest BCUT2D eigenvalue weighted by atomic mass is 79.9. The van der Waals surface area contributed by atoms with Crippen molar-refractivity contribution in [2.24, 2.45) is 5.84 Å². The van der Waals surface area contributed by atoms with Crippen molar-refractivity contribution in [1.82, 2.24) is 10.4 Å². The van der Waals surface area contributed by atoms with Gasteiger partial charge in [-0.25, -0.2) is 5.43 Å². The highest BCUT2D eigenvalue weighted by Gasteiger charge is 2.15. The first-order chi connectivity index (χ1) is 8.61. The maximum Gasteiger partial charge on any atom is 0.0728 e. The van der Waals surface area contributed by atoms with Gasteiger partial charge in [-0.05, 0) is 47.9 Å². The zero-order valence-electron chi connectivity index (χ0n) is 9.82. The Kier molecular flexibility index (Phi) is 4.35. The molecule has 1 atom stereocenters. The minimum atomic E-state index is -0.131. The molecule has 0 saturated heterocycles. The number of benzene rings is 1. The summed E-state index contributed by atoms with van der Waals surface area (Å²) >= 11 is 9.50.